The topological polar surface area (TPSA) is 294 Å². The Morgan fingerprint density at radius 1 is 0.923 bits per heavy atom. The monoisotopic (exact) mass is 540 g/mol. The predicted octanol–water partition coefficient (Wildman–Crippen LogP) is -3.79. The number of hydrogen-bond donors (Lipinski definition) is 10. The molecule has 1 atom stereocenters. The molecule has 1 unspecified atom stereocenters. The molecule has 0 aliphatic heterocycles. The van der Waals surface area contributed by atoms with Crippen LogP contribution in [0.15, 0.2) is 11.6 Å². The Kier molecular flexibility index (Phi) is 27.0. The molecule has 0 rings (SSSR count). The van der Waals surface area contributed by atoms with Gasteiger partial charge in [-0.3, -0.25) is 0 Å². The molecule has 0 amide bonds. The summed E-state index contributed by atoms with van der Waals surface area (Å²) in [6, 6.07) is 0. The summed E-state index contributed by atoms with van der Waals surface area (Å²) in [4.78, 5) is 0. The van der Waals surface area contributed by atoms with Gasteiger partial charge in [0.05, 0.1) is 0 Å². The van der Waals surface area contributed by atoms with Gasteiger partial charge in [0.15, 0.2) is 15.2 Å². The van der Waals surface area contributed by atoms with Gasteiger partial charge >= 0.3 is 114 Å². The van der Waals surface area contributed by atoms with Gasteiger partial charge in [-0.2, -0.15) is 0 Å². The molecule has 2 radical (unpaired) electrons. The SMILES string of the molecule is N=[SiH][Si](N)([Si](=N)N)[Si](=N)[Si](=N)[Si](=N)N.[NH]=[Al][N]=[Al][N]=[Al].[NH]=[Al][N]=[Al][N]=[Al]. The van der Waals surface area contributed by atoms with Gasteiger partial charge in [-0.15, -0.1) is 0 Å². The summed E-state index contributed by atoms with van der Waals surface area (Å²) >= 11 is 3.39. The van der Waals surface area contributed by atoms with Crippen LogP contribution in [0.3, 0.4) is 0 Å². The quantitative estimate of drug-likeness (QED) is 0.132. The minimum absolute atomic E-state index is 0.119. The van der Waals surface area contributed by atoms with Gasteiger partial charge in [0, 0.05) is 0 Å². The van der Waals surface area contributed by atoms with E-state index >= 15 is 0 Å². The van der Waals surface area contributed by atoms with Crippen molar-refractivity contribution in [3.63, 3.8) is 0 Å². The van der Waals surface area contributed by atoms with Crippen molar-refractivity contribution in [3.05, 3.63) is 0 Å². The molecular weight excluding hydrogens is 527 g/mol. The van der Waals surface area contributed by atoms with Crippen molar-refractivity contribution in [2.75, 3.05) is 0 Å². The number of nitrogens with two attached hydrogens (primary N) is 3. The van der Waals surface area contributed by atoms with Gasteiger partial charge in [-0.1, -0.05) is 0 Å². The number of nitrogens with zero attached hydrogens (tertiary/aromatic N) is 4. The molecule has 26 heteroatoms. The van der Waals surface area contributed by atoms with E-state index in [4.69, 9.17) is 50.1 Å². The third kappa shape index (κ3) is 16.8. The third-order valence-electron chi connectivity index (χ3n) is 2.02. The fraction of sp³-hybridized carbons (Fsp3) is 0. The number of nitrogens with one attached hydrogen (secondary N) is 7. The number of hydrogen-bond acceptors (Lipinski definition) is 8. The molecular formula is H14Al6N14Si6. The molecule has 26 heavy (non-hydrogen) atoms. The van der Waals surface area contributed by atoms with Crippen LogP contribution in [0.1, 0.15) is 0 Å². The Morgan fingerprint density at radius 3 is 1.46 bits per heavy atom. The van der Waals surface area contributed by atoms with Crippen LogP contribution in [0, 0.1) is 33.9 Å². The summed E-state index contributed by atoms with van der Waals surface area (Å²) in [6.07, 6.45) is 0. The van der Waals surface area contributed by atoms with Crippen molar-refractivity contribution < 1.29 is 0 Å². The summed E-state index contributed by atoms with van der Waals surface area (Å²) in [6.45, 7) is -2.78. The molecule has 126 valence electrons. The molecule has 0 aliphatic carbocycles. The van der Waals surface area contributed by atoms with Gasteiger partial charge in [0.2, 0.25) is 15.1 Å². The zero-order valence-electron chi connectivity index (χ0n) is 13.6. The maximum absolute atomic E-state index is 7.84. The normalized spacial score (nSPS) is 10.4. The molecule has 0 fully saturated rings. The maximum atomic E-state index is 7.84. The van der Waals surface area contributed by atoms with E-state index in [1.165, 1.54) is 0 Å². The molecule has 0 aromatic carbocycles. The molecule has 0 aliphatic rings. The first kappa shape index (κ1) is 32.5. The first-order valence-electron chi connectivity index (χ1n) is 6.09. The Hall–Kier alpha value is 1.86. The van der Waals surface area contributed by atoms with Crippen molar-refractivity contribution in [2.24, 2.45) is 27.8 Å². The summed E-state index contributed by atoms with van der Waals surface area (Å²) in [5, 5.41) is 54.3. The second-order valence-corrected chi connectivity index (χ2v) is 40.4. The summed E-state index contributed by atoms with van der Waals surface area (Å²) < 4.78 is 27.9. The first-order valence-corrected chi connectivity index (χ1v) is 26.0. The van der Waals surface area contributed by atoms with Crippen LogP contribution in [-0.4, -0.2) is 141 Å². The average molecular weight is 541 g/mol. The molecule has 0 heterocycles. The van der Waals surface area contributed by atoms with Gasteiger partial charge in [0.1, 0.15) is 8.83 Å². The molecule has 13 N–H and O–H groups in total. The van der Waals surface area contributed by atoms with Crippen molar-refractivity contribution in [1.29, 1.82) is 33.9 Å². The second-order valence-electron chi connectivity index (χ2n) is 3.68. The zero-order valence-corrected chi connectivity index (χ0v) is 26.6. The van der Waals surface area contributed by atoms with Crippen molar-refractivity contribution in [1.82, 2.24) is 0 Å². The summed E-state index contributed by atoms with van der Waals surface area (Å²) in [5.41, 5.74) is 0. The van der Waals surface area contributed by atoms with Crippen molar-refractivity contribution in [3.8, 4) is 0 Å². The second kappa shape index (κ2) is 21.6. The van der Waals surface area contributed by atoms with Crippen LogP contribution < -0.4 is 16.2 Å². The molecule has 0 aromatic rings. The Balaban J connectivity index is -0.000000364. The number of rotatable bonds is 9. The van der Waals surface area contributed by atoms with E-state index in [0.717, 1.165) is 0 Å². The average Bonchev–Trinajstić information content (AvgIpc) is 2.63. The van der Waals surface area contributed by atoms with E-state index < -0.39 is 77.9 Å². The standard InChI is InChI=1S/6Al.H12N8Si6.2HN.4N/c;;;;;;1-9-14(8,11(4)5)13(7)12(6)10(2)3;;;;;;/h;;;;;;1-2,4,6-7,9H,3,5,8H2;2*1H;;;;. The van der Waals surface area contributed by atoms with Crippen LogP contribution in [0.5, 0.6) is 0 Å². The van der Waals surface area contributed by atoms with Crippen LogP contribution in [-0.2, 0) is 0 Å². The summed E-state index contributed by atoms with van der Waals surface area (Å²) in [7, 11) is -8.92. The third-order valence-corrected chi connectivity index (χ3v) is 48.6. The van der Waals surface area contributed by atoms with E-state index in [-0.39, 0.29) is 30.5 Å². The van der Waals surface area contributed by atoms with Gasteiger partial charge in [0.25, 0.3) is 8.27 Å². The molecule has 0 saturated heterocycles. The molecule has 0 aromatic heterocycles. The Labute approximate surface area is 199 Å². The fourth-order valence-corrected chi connectivity index (χ4v) is 48.9. The molecule has 0 saturated carbocycles. The summed E-state index contributed by atoms with van der Waals surface area (Å²) in [5.74, 6) is 0. The van der Waals surface area contributed by atoms with E-state index in [9.17, 15) is 0 Å². The Bertz CT molecular complexity index is 598. The van der Waals surface area contributed by atoms with E-state index in [2.05, 4.69) is 43.8 Å². The van der Waals surface area contributed by atoms with Crippen molar-refractivity contribution in [2.45, 2.75) is 0 Å². The van der Waals surface area contributed by atoms with E-state index in [1.54, 1.807) is 0 Å². The van der Waals surface area contributed by atoms with Crippen LogP contribution >= 0.6 is 0 Å². The van der Waals surface area contributed by atoms with Crippen LogP contribution in [0.4, 0.5) is 0 Å². The van der Waals surface area contributed by atoms with Crippen molar-refractivity contribution >= 4 is 141 Å². The molecule has 0 spiro atoms. The van der Waals surface area contributed by atoms with E-state index in [0.29, 0.717) is 0 Å². The molecule has 14 nitrogen and oxygen atoms in total. The minimum atomic E-state index is -2.78. The Morgan fingerprint density at radius 2 is 1.31 bits per heavy atom. The fourth-order valence-electron chi connectivity index (χ4n) is 0.770. The molecule has 0 bridgehead atoms. The van der Waals surface area contributed by atoms with Gasteiger partial charge in [-0.05, 0) is 0 Å². The first-order chi connectivity index (χ1) is 12.1. The van der Waals surface area contributed by atoms with Crippen LogP contribution in [0.2, 0.25) is 0 Å². The zero-order chi connectivity index (χ0) is 21.2. The predicted molar refractivity (Wildman–Crippen MR) is 112 cm³/mol. The van der Waals surface area contributed by atoms with Crippen LogP contribution in [0.25, 0.3) is 0 Å². The van der Waals surface area contributed by atoms with Gasteiger partial charge in [-0.25, -0.2) is 0 Å². The van der Waals surface area contributed by atoms with Gasteiger partial charge < -0.3 is 41.5 Å². The van der Waals surface area contributed by atoms with E-state index in [1.807, 2.05) is 0 Å².